The Morgan fingerprint density at radius 2 is 1.59 bits per heavy atom. The van der Waals surface area contributed by atoms with Crippen molar-refractivity contribution in [1.29, 1.82) is 5.26 Å². The van der Waals surface area contributed by atoms with E-state index in [9.17, 15) is 8.42 Å². The summed E-state index contributed by atoms with van der Waals surface area (Å²) in [5, 5.41) is 12.3. The molecule has 3 rings (SSSR count). The van der Waals surface area contributed by atoms with Crippen molar-refractivity contribution in [3.8, 4) is 6.07 Å². The third-order valence-electron chi connectivity index (χ3n) is 4.20. The van der Waals surface area contributed by atoms with E-state index in [1.807, 2.05) is 18.2 Å². The van der Waals surface area contributed by atoms with Crippen LogP contribution in [0, 0.1) is 11.3 Å². The first-order valence-corrected chi connectivity index (χ1v) is 9.91. The van der Waals surface area contributed by atoms with Crippen molar-refractivity contribution in [2.45, 2.75) is 16.2 Å². The molecule has 0 fully saturated rings. The normalized spacial score (nSPS) is 10.9. The van der Waals surface area contributed by atoms with E-state index in [0.717, 1.165) is 17.7 Å². The highest BCUT2D eigenvalue weighted by molar-refractivity contribution is 7.91. The predicted molar refractivity (Wildman–Crippen MR) is 106 cm³/mol. The van der Waals surface area contributed by atoms with Gasteiger partial charge in [0.15, 0.2) is 0 Å². The van der Waals surface area contributed by atoms with Gasteiger partial charge in [-0.3, -0.25) is 0 Å². The van der Waals surface area contributed by atoms with E-state index in [1.54, 1.807) is 54.6 Å². The third kappa shape index (κ3) is 4.27. The van der Waals surface area contributed by atoms with Crippen LogP contribution >= 0.6 is 0 Å². The van der Waals surface area contributed by atoms with Gasteiger partial charge in [0.05, 0.1) is 15.4 Å². The molecule has 6 heteroatoms. The van der Waals surface area contributed by atoms with Gasteiger partial charge in [-0.15, -0.1) is 0 Å². The molecule has 0 aromatic heterocycles. The summed E-state index contributed by atoms with van der Waals surface area (Å²) in [6.45, 7) is 0.652. The van der Waals surface area contributed by atoms with Crippen molar-refractivity contribution >= 4 is 21.2 Å². The maximum absolute atomic E-state index is 12.6. The number of nitrogens with one attached hydrogen (secondary N) is 1. The van der Waals surface area contributed by atoms with Gasteiger partial charge in [-0.05, 0) is 54.4 Å². The number of nitriles is 1. The van der Waals surface area contributed by atoms with Crippen LogP contribution < -0.4 is 11.1 Å². The summed E-state index contributed by atoms with van der Waals surface area (Å²) in [5.74, 6) is 0. The highest BCUT2D eigenvalue weighted by Gasteiger charge is 2.16. The van der Waals surface area contributed by atoms with Crippen LogP contribution in [-0.4, -0.2) is 15.0 Å². The molecule has 3 N–H and O–H groups in total. The second-order valence-electron chi connectivity index (χ2n) is 6.05. The molecule has 0 aliphatic rings. The largest absolute Gasteiger partial charge is 0.398 e. The van der Waals surface area contributed by atoms with Gasteiger partial charge < -0.3 is 11.1 Å². The van der Waals surface area contributed by atoms with E-state index < -0.39 is 9.84 Å². The lowest BCUT2D eigenvalue weighted by molar-refractivity contribution is 0.596. The second kappa shape index (κ2) is 7.94. The average molecular weight is 377 g/mol. The number of nitrogens with zero attached hydrogens (tertiary/aromatic N) is 1. The van der Waals surface area contributed by atoms with Crippen LogP contribution in [0.25, 0.3) is 0 Å². The minimum atomic E-state index is -3.49. The van der Waals surface area contributed by atoms with E-state index in [1.165, 1.54) is 0 Å². The molecule has 0 radical (unpaired) electrons. The minimum absolute atomic E-state index is 0.280. The Balaban J connectivity index is 1.64. The smallest absolute Gasteiger partial charge is 0.206 e. The zero-order valence-corrected chi connectivity index (χ0v) is 15.4. The Kier molecular flexibility index (Phi) is 5.43. The molecule has 0 aliphatic heterocycles. The minimum Gasteiger partial charge on any atom is -0.398 e. The number of benzene rings is 3. The molecule has 136 valence electrons. The number of nitrogen functional groups attached to an aromatic ring is 1. The van der Waals surface area contributed by atoms with Gasteiger partial charge in [0, 0.05) is 17.9 Å². The predicted octanol–water partition coefficient (Wildman–Crippen LogP) is 3.63. The topological polar surface area (TPSA) is 96.0 Å². The average Bonchev–Trinajstić information content (AvgIpc) is 2.70. The Morgan fingerprint density at radius 1 is 0.926 bits per heavy atom. The van der Waals surface area contributed by atoms with Gasteiger partial charge in [0.2, 0.25) is 9.84 Å². The zero-order valence-electron chi connectivity index (χ0n) is 14.6. The highest BCUT2D eigenvalue weighted by atomic mass is 32.2. The van der Waals surface area contributed by atoms with Crippen LogP contribution in [0.1, 0.15) is 11.1 Å². The fourth-order valence-corrected chi connectivity index (χ4v) is 3.97. The molecular formula is C21H19N3O2S. The van der Waals surface area contributed by atoms with Crippen LogP contribution in [0.5, 0.6) is 0 Å². The molecule has 3 aromatic rings. The Morgan fingerprint density at radius 3 is 2.26 bits per heavy atom. The first-order chi connectivity index (χ1) is 13.0. The summed E-state index contributed by atoms with van der Waals surface area (Å²) in [4.78, 5) is 0.568. The van der Waals surface area contributed by atoms with Crippen LogP contribution in [0.3, 0.4) is 0 Å². The lowest BCUT2D eigenvalue weighted by Crippen LogP contribution is -2.06. The van der Waals surface area contributed by atoms with Gasteiger partial charge in [-0.2, -0.15) is 5.26 Å². The molecule has 0 spiro atoms. The number of nitrogens with two attached hydrogens (primary N) is 1. The number of hydrogen-bond donors (Lipinski definition) is 2. The van der Waals surface area contributed by atoms with E-state index in [0.29, 0.717) is 17.8 Å². The van der Waals surface area contributed by atoms with E-state index in [4.69, 9.17) is 11.0 Å². The first kappa shape index (κ1) is 18.5. The molecule has 0 amide bonds. The van der Waals surface area contributed by atoms with Crippen LogP contribution in [0.2, 0.25) is 0 Å². The van der Waals surface area contributed by atoms with Crippen LogP contribution in [-0.2, 0) is 16.3 Å². The van der Waals surface area contributed by atoms with Gasteiger partial charge in [-0.1, -0.05) is 30.3 Å². The summed E-state index contributed by atoms with van der Waals surface area (Å²) in [7, 11) is -3.49. The fraction of sp³-hybridized carbons (Fsp3) is 0.0952. The van der Waals surface area contributed by atoms with E-state index >= 15 is 0 Å². The quantitative estimate of drug-likeness (QED) is 0.640. The summed E-state index contributed by atoms with van der Waals surface area (Å²) < 4.78 is 25.2. The number of hydrogen-bond acceptors (Lipinski definition) is 5. The van der Waals surface area contributed by atoms with Crippen molar-refractivity contribution < 1.29 is 8.42 Å². The molecule has 27 heavy (non-hydrogen) atoms. The molecule has 0 unspecified atom stereocenters. The number of sulfone groups is 1. The summed E-state index contributed by atoms with van der Waals surface area (Å²) in [5.41, 5.74) is 8.45. The maximum Gasteiger partial charge on any atom is 0.206 e. The second-order valence-corrected chi connectivity index (χ2v) is 8.00. The molecular weight excluding hydrogens is 358 g/mol. The van der Waals surface area contributed by atoms with Crippen LogP contribution in [0.15, 0.2) is 82.6 Å². The SMILES string of the molecule is N#Cc1cc(NCCc2ccc(S(=O)(=O)c3ccccc3)cc2)ccc1N. The first-order valence-electron chi connectivity index (χ1n) is 8.43. The third-order valence-corrected chi connectivity index (χ3v) is 5.99. The van der Waals surface area contributed by atoms with Crippen molar-refractivity contribution in [2.75, 3.05) is 17.6 Å². The standard InChI is InChI=1S/C21H19N3O2S/c22-15-17-14-18(8-11-21(17)23)24-13-12-16-6-9-20(10-7-16)27(25,26)19-4-2-1-3-5-19/h1-11,14,24H,12-13,23H2. The molecule has 3 aromatic carbocycles. The molecule has 0 heterocycles. The molecule has 5 nitrogen and oxygen atoms in total. The molecule has 0 atom stereocenters. The molecule has 0 bridgehead atoms. The monoisotopic (exact) mass is 377 g/mol. The van der Waals surface area contributed by atoms with E-state index in [2.05, 4.69) is 11.4 Å². The molecule has 0 saturated carbocycles. The lowest BCUT2D eigenvalue weighted by atomic mass is 10.1. The molecule has 0 aliphatic carbocycles. The summed E-state index contributed by atoms with van der Waals surface area (Å²) in [6.07, 6.45) is 0.720. The van der Waals surface area contributed by atoms with Crippen LogP contribution in [0.4, 0.5) is 11.4 Å². The Hall–Kier alpha value is -3.30. The maximum atomic E-state index is 12.6. The summed E-state index contributed by atoms with van der Waals surface area (Å²) in [6, 6.07) is 22.6. The zero-order chi connectivity index (χ0) is 19.3. The van der Waals surface area contributed by atoms with Crippen molar-refractivity contribution in [3.05, 3.63) is 83.9 Å². The van der Waals surface area contributed by atoms with Gasteiger partial charge in [0.25, 0.3) is 0 Å². The van der Waals surface area contributed by atoms with Gasteiger partial charge in [-0.25, -0.2) is 8.42 Å². The fourth-order valence-electron chi connectivity index (χ4n) is 2.69. The van der Waals surface area contributed by atoms with Crippen molar-refractivity contribution in [1.82, 2.24) is 0 Å². The number of anilines is 2. The highest BCUT2D eigenvalue weighted by Crippen LogP contribution is 2.21. The van der Waals surface area contributed by atoms with Crippen molar-refractivity contribution in [2.24, 2.45) is 0 Å². The molecule has 0 saturated heterocycles. The Labute approximate surface area is 159 Å². The van der Waals surface area contributed by atoms with Crippen molar-refractivity contribution in [3.63, 3.8) is 0 Å². The Bertz CT molecular complexity index is 1070. The lowest BCUT2D eigenvalue weighted by Gasteiger charge is -2.09. The van der Waals surface area contributed by atoms with Gasteiger partial charge >= 0.3 is 0 Å². The van der Waals surface area contributed by atoms with E-state index in [-0.39, 0.29) is 9.79 Å². The summed E-state index contributed by atoms with van der Waals surface area (Å²) >= 11 is 0. The number of rotatable bonds is 6. The van der Waals surface area contributed by atoms with Gasteiger partial charge in [0.1, 0.15) is 6.07 Å².